The standard InChI is InChI=1S/C17H18N4O6S/c1-21(28(24,25)12-5-4-8-18-9-12)10-16(22)19-20-17(23)15-11-26-13-6-2-3-7-14(13)27-15/h2-9,15H,10-11H2,1H3,(H,19,22)(H,20,23). The van der Waals surface area contributed by atoms with Crippen molar-refractivity contribution in [1.82, 2.24) is 20.1 Å². The number of hydrazine groups is 1. The van der Waals surface area contributed by atoms with Crippen molar-refractivity contribution < 1.29 is 27.5 Å². The lowest BCUT2D eigenvalue weighted by Crippen LogP contribution is -2.52. The summed E-state index contributed by atoms with van der Waals surface area (Å²) >= 11 is 0. The van der Waals surface area contributed by atoms with Crippen LogP contribution in [0.25, 0.3) is 0 Å². The third kappa shape index (κ3) is 4.38. The van der Waals surface area contributed by atoms with Gasteiger partial charge in [0, 0.05) is 19.4 Å². The summed E-state index contributed by atoms with van der Waals surface area (Å²) in [5.41, 5.74) is 4.36. The lowest BCUT2D eigenvalue weighted by atomic mass is 10.2. The summed E-state index contributed by atoms with van der Waals surface area (Å²) < 4.78 is 36.5. The molecule has 1 aromatic heterocycles. The summed E-state index contributed by atoms with van der Waals surface area (Å²) in [4.78, 5) is 27.9. The number of sulfonamides is 1. The van der Waals surface area contributed by atoms with Gasteiger partial charge in [0.15, 0.2) is 11.5 Å². The quantitative estimate of drug-likeness (QED) is 0.652. The monoisotopic (exact) mass is 406 g/mol. The number of rotatable bonds is 5. The first-order valence-corrected chi connectivity index (χ1v) is 9.65. The van der Waals surface area contributed by atoms with E-state index >= 15 is 0 Å². The number of likely N-dealkylation sites (N-methyl/N-ethyl adjacent to an activating group) is 1. The lowest BCUT2D eigenvalue weighted by molar-refractivity contribution is -0.135. The number of nitrogens with zero attached hydrogens (tertiary/aromatic N) is 2. The molecule has 2 heterocycles. The zero-order valence-electron chi connectivity index (χ0n) is 14.9. The fourth-order valence-electron chi connectivity index (χ4n) is 2.37. The van der Waals surface area contributed by atoms with Crippen LogP contribution >= 0.6 is 0 Å². The summed E-state index contributed by atoms with van der Waals surface area (Å²) in [6.45, 7) is -0.517. The molecule has 2 N–H and O–H groups in total. The Bertz CT molecular complexity index is 967. The Morgan fingerprint density at radius 1 is 1.18 bits per heavy atom. The third-order valence-electron chi connectivity index (χ3n) is 3.83. The average molecular weight is 406 g/mol. The molecule has 1 unspecified atom stereocenters. The van der Waals surface area contributed by atoms with Gasteiger partial charge in [-0.05, 0) is 24.3 Å². The molecule has 10 nitrogen and oxygen atoms in total. The van der Waals surface area contributed by atoms with Crippen molar-refractivity contribution >= 4 is 21.8 Å². The van der Waals surface area contributed by atoms with Gasteiger partial charge < -0.3 is 9.47 Å². The highest BCUT2D eigenvalue weighted by Crippen LogP contribution is 2.30. The van der Waals surface area contributed by atoms with Gasteiger partial charge in [0.25, 0.3) is 11.8 Å². The minimum Gasteiger partial charge on any atom is -0.485 e. The van der Waals surface area contributed by atoms with E-state index in [1.165, 1.54) is 31.6 Å². The molecule has 0 radical (unpaired) electrons. The molecule has 1 aliphatic heterocycles. The van der Waals surface area contributed by atoms with Crippen molar-refractivity contribution in [2.45, 2.75) is 11.0 Å². The normalized spacial score (nSPS) is 15.7. The number of para-hydroxylation sites is 2. The van der Waals surface area contributed by atoms with Crippen LogP contribution in [0.5, 0.6) is 11.5 Å². The zero-order chi connectivity index (χ0) is 20.1. The number of hydrogen-bond acceptors (Lipinski definition) is 7. The van der Waals surface area contributed by atoms with Crippen molar-refractivity contribution in [2.75, 3.05) is 20.2 Å². The number of benzene rings is 1. The van der Waals surface area contributed by atoms with E-state index in [0.717, 1.165) is 4.31 Å². The minimum absolute atomic E-state index is 0.0198. The second-order valence-corrected chi connectivity index (χ2v) is 7.90. The largest absolute Gasteiger partial charge is 0.485 e. The van der Waals surface area contributed by atoms with Gasteiger partial charge in [-0.3, -0.25) is 25.4 Å². The van der Waals surface area contributed by atoms with Crippen molar-refractivity contribution in [3.05, 3.63) is 48.8 Å². The molecule has 11 heteroatoms. The van der Waals surface area contributed by atoms with Gasteiger partial charge in [0.05, 0.1) is 6.54 Å². The Hall–Kier alpha value is -3.18. The highest BCUT2D eigenvalue weighted by Gasteiger charge is 2.28. The lowest BCUT2D eigenvalue weighted by Gasteiger charge is -2.25. The van der Waals surface area contributed by atoms with Gasteiger partial charge >= 0.3 is 0 Å². The van der Waals surface area contributed by atoms with Gasteiger partial charge in [0.1, 0.15) is 11.5 Å². The highest BCUT2D eigenvalue weighted by atomic mass is 32.2. The first-order chi connectivity index (χ1) is 13.4. The molecule has 148 valence electrons. The van der Waals surface area contributed by atoms with E-state index in [4.69, 9.17) is 9.47 Å². The highest BCUT2D eigenvalue weighted by molar-refractivity contribution is 7.89. The smallest absolute Gasteiger partial charge is 0.283 e. The molecular weight excluding hydrogens is 388 g/mol. The maximum atomic E-state index is 12.4. The zero-order valence-corrected chi connectivity index (χ0v) is 15.7. The molecule has 3 rings (SSSR count). The number of ether oxygens (including phenoxy) is 2. The summed E-state index contributed by atoms with van der Waals surface area (Å²) in [6.07, 6.45) is 1.67. The predicted molar refractivity (Wildman–Crippen MR) is 96.7 cm³/mol. The van der Waals surface area contributed by atoms with E-state index in [9.17, 15) is 18.0 Å². The third-order valence-corrected chi connectivity index (χ3v) is 5.62. The SMILES string of the molecule is CN(CC(=O)NNC(=O)C1COc2ccccc2O1)S(=O)(=O)c1cccnc1. The average Bonchev–Trinajstić information content (AvgIpc) is 2.72. The fourth-order valence-corrected chi connectivity index (χ4v) is 3.46. The van der Waals surface area contributed by atoms with Crippen LogP contribution in [-0.2, 0) is 19.6 Å². The number of fused-ring (bicyclic) bond motifs is 1. The number of nitrogens with one attached hydrogen (secondary N) is 2. The van der Waals surface area contributed by atoms with Crippen LogP contribution < -0.4 is 20.3 Å². The Morgan fingerprint density at radius 2 is 1.93 bits per heavy atom. The number of pyridine rings is 1. The van der Waals surface area contributed by atoms with Crippen molar-refractivity contribution in [3.63, 3.8) is 0 Å². The topological polar surface area (TPSA) is 127 Å². The molecule has 0 bridgehead atoms. The van der Waals surface area contributed by atoms with Crippen LogP contribution in [0.1, 0.15) is 0 Å². The van der Waals surface area contributed by atoms with E-state index in [1.54, 1.807) is 24.3 Å². The summed E-state index contributed by atoms with van der Waals surface area (Å²) in [5.74, 6) is -0.401. The summed E-state index contributed by atoms with van der Waals surface area (Å²) in [6, 6.07) is 9.74. The fraction of sp³-hybridized carbons (Fsp3) is 0.235. The van der Waals surface area contributed by atoms with E-state index in [2.05, 4.69) is 15.8 Å². The summed E-state index contributed by atoms with van der Waals surface area (Å²) in [7, 11) is -2.63. The molecule has 2 amide bonds. The molecule has 1 aromatic carbocycles. The minimum atomic E-state index is -3.87. The molecule has 0 spiro atoms. The maximum absolute atomic E-state index is 12.4. The van der Waals surface area contributed by atoms with Gasteiger partial charge in [-0.1, -0.05) is 12.1 Å². The molecule has 0 saturated heterocycles. The van der Waals surface area contributed by atoms with E-state index < -0.39 is 34.5 Å². The molecule has 0 saturated carbocycles. The van der Waals surface area contributed by atoms with Crippen molar-refractivity contribution in [1.29, 1.82) is 0 Å². The number of hydrogen-bond donors (Lipinski definition) is 2. The van der Waals surface area contributed by atoms with Crippen molar-refractivity contribution in [3.8, 4) is 11.5 Å². The van der Waals surface area contributed by atoms with Crippen LogP contribution in [0.2, 0.25) is 0 Å². The first-order valence-electron chi connectivity index (χ1n) is 8.21. The Morgan fingerprint density at radius 3 is 2.64 bits per heavy atom. The summed E-state index contributed by atoms with van der Waals surface area (Å²) in [5, 5.41) is 0. The van der Waals surface area contributed by atoms with Crippen LogP contribution in [0, 0.1) is 0 Å². The number of amides is 2. The maximum Gasteiger partial charge on any atom is 0.283 e. The first kappa shape index (κ1) is 19.6. The van der Waals surface area contributed by atoms with E-state index in [0.29, 0.717) is 11.5 Å². The van der Waals surface area contributed by atoms with Crippen molar-refractivity contribution in [2.24, 2.45) is 0 Å². The van der Waals surface area contributed by atoms with Gasteiger partial charge in [0.2, 0.25) is 16.1 Å². The molecule has 0 fully saturated rings. The van der Waals surface area contributed by atoms with E-state index in [1.807, 2.05) is 0 Å². The molecule has 2 aromatic rings. The van der Waals surface area contributed by atoms with Crippen LogP contribution in [-0.4, -0.2) is 55.8 Å². The molecule has 1 atom stereocenters. The van der Waals surface area contributed by atoms with E-state index in [-0.39, 0.29) is 11.5 Å². The molecule has 0 aliphatic carbocycles. The molecular formula is C17H18N4O6S. The van der Waals surface area contributed by atoms with Crippen LogP contribution in [0.15, 0.2) is 53.7 Å². The molecule has 1 aliphatic rings. The molecule has 28 heavy (non-hydrogen) atoms. The second-order valence-electron chi connectivity index (χ2n) is 5.85. The Kier molecular flexibility index (Phi) is 5.76. The number of aromatic nitrogens is 1. The Balaban J connectivity index is 1.51. The Labute approximate surface area is 161 Å². The second kappa shape index (κ2) is 8.23. The predicted octanol–water partition coefficient (Wildman–Crippen LogP) is -0.310. The van der Waals surface area contributed by atoms with Crippen LogP contribution in [0.3, 0.4) is 0 Å². The van der Waals surface area contributed by atoms with Gasteiger partial charge in [-0.15, -0.1) is 0 Å². The number of carbonyl (C=O) groups is 2. The van der Waals surface area contributed by atoms with Gasteiger partial charge in [-0.25, -0.2) is 8.42 Å². The van der Waals surface area contributed by atoms with Gasteiger partial charge in [-0.2, -0.15) is 4.31 Å². The number of carbonyl (C=O) groups excluding carboxylic acids is 2. The van der Waals surface area contributed by atoms with Crippen LogP contribution in [0.4, 0.5) is 0 Å².